The first-order chi connectivity index (χ1) is 8.13. The van der Waals surface area contributed by atoms with E-state index in [1.54, 1.807) is 7.05 Å². The van der Waals surface area contributed by atoms with E-state index in [0.717, 1.165) is 16.0 Å². The zero-order chi connectivity index (χ0) is 12.4. The molecular weight excluding hydrogens is 218 g/mol. The number of aryl methyl sites for hydroxylation is 1. The standard InChI is InChI=1S/C12H13N3O2/c1-8-4-5-9-10(12(16)15(2)17-3)7-13-14-11(9)6-8/h4-7H,1-3H3. The van der Waals surface area contributed by atoms with Crippen LogP contribution in [0.3, 0.4) is 0 Å². The van der Waals surface area contributed by atoms with Gasteiger partial charge in [0.1, 0.15) is 0 Å². The lowest BCUT2D eigenvalue weighted by atomic mass is 10.1. The number of amides is 1. The maximum absolute atomic E-state index is 12.0. The minimum Gasteiger partial charge on any atom is -0.274 e. The van der Waals surface area contributed by atoms with Gasteiger partial charge in [0.2, 0.25) is 0 Å². The molecule has 0 aliphatic rings. The molecule has 88 valence electrons. The van der Waals surface area contributed by atoms with E-state index >= 15 is 0 Å². The molecule has 1 amide bonds. The van der Waals surface area contributed by atoms with Crippen molar-refractivity contribution in [3.63, 3.8) is 0 Å². The van der Waals surface area contributed by atoms with E-state index in [1.165, 1.54) is 13.3 Å². The van der Waals surface area contributed by atoms with Crippen LogP contribution in [0.25, 0.3) is 10.9 Å². The molecule has 0 saturated carbocycles. The van der Waals surface area contributed by atoms with Crippen LogP contribution in [0, 0.1) is 6.92 Å². The molecule has 0 aliphatic carbocycles. The Hall–Kier alpha value is -2.01. The van der Waals surface area contributed by atoms with E-state index in [2.05, 4.69) is 10.2 Å². The van der Waals surface area contributed by atoms with Crippen molar-refractivity contribution in [2.24, 2.45) is 0 Å². The van der Waals surface area contributed by atoms with Gasteiger partial charge in [0.15, 0.2) is 0 Å². The number of rotatable bonds is 2. The van der Waals surface area contributed by atoms with Crippen LogP contribution >= 0.6 is 0 Å². The Bertz CT molecular complexity index is 569. The lowest BCUT2D eigenvalue weighted by molar-refractivity contribution is -0.0756. The lowest BCUT2D eigenvalue weighted by Gasteiger charge is -2.14. The second-order valence-electron chi connectivity index (χ2n) is 3.76. The molecule has 17 heavy (non-hydrogen) atoms. The van der Waals surface area contributed by atoms with Crippen molar-refractivity contribution in [2.75, 3.05) is 14.2 Å². The van der Waals surface area contributed by atoms with E-state index in [4.69, 9.17) is 4.84 Å². The minimum atomic E-state index is -0.240. The summed E-state index contributed by atoms with van der Waals surface area (Å²) in [5.41, 5.74) is 2.27. The van der Waals surface area contributed by atoms with Crippen LogP contribution in [-0.2, 0) is 4.84 Å². The highest BCUT2D eigenvalue weighted by atomic mass is 16.7. The number of fused-ring (bicyclic) bond motifs is 1. The molecule has 0 aliphatic heterocycles. The summed E-state index contributed by atoms with van der Waals surface area (Å²) < 4.78 is 0. The number of carbonyl (C=O) groups is 1. The Labute approximate surface area is 99.0 Å². The number of hydrogen-bond donors (Lipinski definition) is 0. The van der Waals surface area contributed by atoms with Crippen molar-refractivity contribution < 1.29 is 9.63 Å². The third-order valence-corrected chi connectivity index (χ3v) is 2.59. The van der Waals surface area contributed by atoms with Gasteiger partial charge in [0.25, 0.3) is 5.91 Å². The highest BCUT2D eigenvalue weighted by Crippen LogP contribution is 2.18. The van der Waals surface area contributed by atoms with Gasteiger partial charge in [-0.3, -0.25) is 9.63 Å². The number of aromatic nitrogens is 2. The highest BCUT2D eigenvalue weighted by Gasteiger charge is 2.15. The largest absolute Gasteiger partial charge is 0.279 e. The molecule has 2 rings (SSSR count). The molecule has 1 aromatic heterocycles. The summed E-state index contributed by atoms with van der Waals surface area (Å²) in [6.45, 7) is 1.97. The highest BCUT2D eigenvalue weighted by molar-refractivity contribution is 6.05. The summed E-state index contributed by atoms with van der Waals surface area (Å²) in [5, 5.41) is 9.79. The summed E-state index contributed by atoms with van der Waals surface area (Å²) in [6.07, 6.45) is 1.45. The van der Waals surface area contributed by atoms with Crippen molar-refractivity contribution >= 4 is 16.8 Å². The molecule has 2 aromatic rings. The summed E-state index contributed by atoms with van der Waals surface area (Å²) in [7, 11) is 3.00. The molecule has 5 heteroatoms. The van der Waals surface area contributed by atoms with Gasteiger partial charge in [-0.05, 0) is 18.6 Å². The molecular formula is C12H13N3O2. The van der Waals surface area contributed by atoms with Crippen LogP contribution in [0.1, 0.15) is 15.9 Å². The Balaban J connectivity index is 2.58. The van der Waals surface area contributed by atoms with Crippen molar-refractivity contribution in [2.45, 2.75) is 6.92 Å². The molecule has 0 atom stereocenters. The Morgan fingerprint density at radius 2 is 2.18 bits per heavy atom. The Kier molecular flexibility index (Phi) is 3.01. The van der Waals surface area contributed by atoms with Gasteiger partial charge in [-0.25, -0.2) is 5.06 Å². The average Bonchev–Trinajstić information content (AvgIpc) is 2.35. The fraction of sp³-hybridized carbons (Fsp3) is 0.250. The molecule has 0 N–H and O–H groups in total. The molecule has 0 radical (unpaired) electrons. The molecule has 5 nitrogen and oxygen atoms in total. The summed E-state index contributed by atoms with van der Waals surface area (Å²) in [4.78, 5) is 16.9. The quantitative estimate of drug-likeness (QED) is 0.736. The minimum absolute atomic E-state index is 0.240. The Morgan fingerprint density at radius 3 is 2.88 bits per heavy atom. The van der Waals surface area contributed by atoms with Crippen molar-refractivity contribution in [3.05, 3.63) is 35.5 Å². The summed E-state index contributed by atoms with van der Waals surface area (Å²) >= 11 is 0. The predicted molar refractivity (Wildman–Crippen MR) is 63.4 cm³/mol. The second kappa shape index (κ2) is 4.47. The SMILES string of the molecule is CON(C)C(=O)c1cnnc2cc(C)ccc12. The number of hydrogen-bond acceptors (Lipinski definition) is 4. The maximum atomic E-state index is 12.0. The Morgan fingerprint density at radius 1 is 1.41 bits per heavy atom. The molecule has 0 bridgehead atoms. The van der Waals surface area contributed by atoms with Crippen LogP contribution in [-0.4, -0.2) is 35.3 Å². The molecule has 0 fully saturated rings. The smallest absolute Gasteiger partial charge is 0.274 e. The fourth-order valence-corrected chi connectivity index (χ4v) is 1.59. The van der Waals surface area contributed by atoms with Gasteiger partial charge in [0.05, 0.1) is 24.4 Å². The van der Waals surface area contributed by atoms with Gasteiger partial charge in [0, 0.05) is 12.4 Å². The zero-order valence-corrected chi connectivity index (χ0v) is 9.97. The fourth-order valence-electron chi connectivity index (χ4n) is 1.59. The topological polar surface area (TPSA) is 55.3 Å². The van der Waals surface area contributed by atoms with Crippen molar-refractivity contribution in [3.8, 4) is 0 Å². The number of nitrogens with zero attached hydrogens (tertiary/aromatic N) is 3. The van der Waals surface area contributed by atoms with Crippen LogP contribution < -0.4 is 0 Å². The van der Waals surface area contributed by atoms with Crippen molar-refractivity contribution in [1.82, 2.24) is 15.3 Å². The number of hydroxylamine groups is 2. The summed E-state index contributed by atoms with van der Waals surface area (Å²) in [6, 6.07) is 5.70. The van der Waals surface area contributed by atoms with Gasteiger partial charge in [-0.1, -0.05) is 12.1 Å². The number of benzene rings is 1. The van der Waals surface area contributed by atoms with Crippen LogP contribution in [0.2, 0.25) is 0 Å². The lowest BCUT2D eigenvalue weighted by Crippen LogP contribution is -2.25. The van der Waals surface area contributed by atoms with Gasteiger partial charge in [-0.2, -0.15) is 10.2 Å². The molecule has 0 unspecified atom stereocenters. The molecule has 1 aromatic carbocycles. The zero-order valence-electron chi connectivity index (χ0n) is 9.97. The van der Waals surface area contributed by atoms with E-state index in [9.17, 15) is 4.79 Å². The average molecular weight is 231 g/mol. The molecule has 0 saturated heterocycles. The number of carbonyl (C=O) groups excluding carboxylic acids is 1. The van der Waals surface area contributed by atoms with Gasteiger partial charge < -0.3 is 0 Å². The van der Waals surface area contributed by atoms with E-state index in [1.807, 2.05) is 25.1 Å². The first-order valence-corrected chi connectivity index (χ1v) is 5.17. The first kappa shape index (κ1) is 11.5. The molecule has 1 heterocycles. The van der Waals surface area contributed by atoms with E-state index in [-0.39, 0.29) is 5.91 Å². The first-order valence-electron chi connectivity index (χ1n) is 5.17. The van der Waals surface area contributed by atoms with Crippen LogP contribution in [0.4, 0.5) is 0 Å². The molecule has 0 spiro atoms. The maximum Gasteiger partial charge on any atom is 0.279 e. The predicted octanol–water partition coefficient (Wildman–Crippen LogP) is 1.57. The third-order valence-electron chi connectivity index (χ3n) is 2.59. The third kappa shape index (κ3) is 2.09. The second-order valence-corrected chi connectivity index (χ2v) is 3.76. The normalized spacial score (nSPS) is 10.5. The van der Waals surface area contributed by atoms with Gasteiger partial charge >= 0.3 is 0 Å². The van der Waals surface area contributed by atoms with Crippen LogP contribution in [0.15, 0.2) is 24.4 Å². The van der Waals surface area contributed by atoms with Crippen LogP contribution in [0.5, 0.6) is 0 Å². The van der Waals surface area contributed by atoms with E-state index in [0.29, 0.717) is 11.1 Å². The monoisotopic (exact) mass is 231 g/mol. The summed E-state index contributed by atoms with van der Waals surface area (Å²) in [5.74, 6) is -0.240. The van der Waals surface area contributed by atoms with Gasteiger partial charge in [-0.15, -0.1) is 0 Å². The van der Waals surface area contributed by atoms with Crippen molar-refractivity contribution in [1.29, 1.82) is 0 Å². The van der Waals surface area contributed by atoms with E-state index < -0.39 is 0 Å².